The molecule has 0 saturated carbocycles. The Morgan fingerprint density at radius 2 is 1.34 bits per heavy atom. The van der Waals surface area contributed by atoms with Crippen molar-refractivity contribution < 1.29 is 4.74 Å². The lowest BCUT2D eigenvalue weighted by Gasteiger charge is -2.43. The molecule has 0 fully saturated rings. The van der Waals surface area contributed by atoms with Crippen molar-refractivity contribution in [3.63, 3.8) is 0 Å². The second kappa shape index (κ2) is 13.2. The number of benzene rings is 5. The molecule has 0 radical (unpaired) electrons. The van der Waals surface area contributed by atoms with Crippen LogP contribution >= 0.6 is 0 Å². The van der Waals surface area contributed by atoms with Crippen LogP contribution in [0.4, 0.5) is 22.9 Å². The van der Waals surface area contributed by atoms with E-state index in [1.54, 1.807) is 0 Å². The van der Waals surface area contributed by atoms with Crippen molar-refractivity contribution in [1.82, 2.24) is 4.98 Å². The Morgan fingerprint density at radius 1 is 0.644 bits per heavy atom. The quantitative estimate of drug-likeness (QED) is 0.175. The van der Waals surface area contributed by atoms with Gasteiger partial charge in [0, 0.05) is 35.3 Å². The van der Waals surface area contributed by atoms with E-state index in [0.717, 1.165) is 52.1 Å². The molecule has 1 aromatic heterocycles. The Bertz CT molecular complexity index is 2730. The number of aryl methyl sites for hydroxylation is 6. The molecule has 300 valence electrons. The predicted octanol–water partition coefficient (Wildman–Crippen LogP) is 13.6. The van der Waals surface area contributed by atoms with E-state index < -0.39 is 5.54 Å². The normalized spacial score (nSPS) is 20.2. The molecule has 1 aliphatic carbocycles. The summed E-state index contributed by atoms with van der Waals surface area (Å²) in [5.41, 5.74) is 17.4. The maximum Gasteiger partial charge on any atom is 0.137 e. The van der Waals surface area contributed by atoms with Gasteiger partial charge in [0.25, 0.3) is 0 Å². The Morgan fingerprint density at radius 3 is 2.07 bits per heavy atom. The highest BCUT2D eigenvalue weighted by Gasteiger charge is 2.61. The summed E-state index contributed by atoms with van der Waals surface area (Å²) in [7, 11) is 0. The van der Waals surface area contributed by atoms with Crippen molar-refractivity contribution in [3.8, 4) is 11.5 Å². The summed E-state index contributed by atoms with van der Waals surface area (Å²) >= 11 is 0. The Balaban J connectivity index is 1.18. The van der Waals surface area contributed by atoms with Gasteiger partial charge in [-0.1, -0.05) is 101 Å². The van der Waals surface area contributed by atoms with Crippen molar-refractivity contribution in [2.24, 2.45) is 4.99 Å². The molecule has 2 aliphatic heterocycles. The van der Waals surface area contributed by atoms with Gasteiger partial charge in [-0.2, -0.15) is 0 Å². The molecule has 0 spiro atoms. The zero-order valence-corrected chi connectivity index (χ0v) is 37.2. The van der Waals surface area contributed by atoms with E-state index in [2.05, 4.69) is 197 Å². The molecule has 5 heteroatoms. The molecule has 59 heavy (non-hydrogen) atoms. The maximum absolute atomic E-state index is 7.05. The summed E-state index contributed by atoms with van der Waals surface area (Å²) in [4.78, 5) is 15.7. The standard InChI is InChI=1S/C54H58N4O/c1-32-25-36(5)49(37(6)26-32)58-50(56-53(12)31-41-33(2)17-16-19-42(41)54(53,58)13)40-30-47(35(4)27-34(40)3)59-39-21-22-44-46(29-39)57(45-20-15-14-18-43(45)52(44,10)11)48-28-38(23-24-55-48)51(7,8)9/h14-30H,31H2,1-13H3/t53-,54+/m1/s1. The van der Waals surface area contributed by atoms with Crippen LogP contribution < -0.4 is 14.5 Å². The molecule has 0 amide bonds. The van der Waals surface area contributed by atoms with Crippen LogP contribution in [0.2, 0.25) is 0 Å². The first-order valence-corrected chi connectivity index (χ1v) is 21.2. The summed E-state index contributed by atoms with van der Waals surface area (Å²) in [6, 6.07) is 35.6. The maximum atomic E-state index is 7.05. The largest absolute Gasteiger partial charge is 0.457 e. The molecule has 0 N–H and O–H groups in total. The third-order valence-electron chi connectivity index (χ3n) is 13.9. The monoisotopic (exact) mass is 778 g/mol. The lowest BCUT2D eigenvalue weighted by Crippen LogP contribution is -2.52. The zero-order chi connectivity index (χ0) is 42.0. The number of amidine groups is 1. The summed E-state index contributed by atoms with van der Waals surface area (Å²) < 4.78 is 7.05. The van der Waals surface area contributed by atoms with Crippen LogP contribution in [-0.2, 0) is 22.8 Å². The van der Waals surface area contributed by atoms with Gasteiger partial charge in [0.15, 0.2) is 0 Å². The molecular weight excluding hydrogens is 721 g/mol. The van der Waals surface area contributed by atoms with E-state index in [1.165, 1.54) is 61.3 Å². The predicted molar refractivity (Wildman–Crippen MR) is 246 cm³/mol. The van der Waals surface area contributed by atoms with Gasteiger partial charge in [0.05, 0.1) is 22.5 Å². The van der Waals surface area contributed by atoms with Crippen LogP contribution in [0.25, 0.3) is 0 Å². The first-order chi connectivity index (χ1) is 27.8. The number of nitrogens with zero attached hydrogens (tertiary/aromatic N) is 4. The van der Waals surface area contributed by atoms with E-state index in [4.69, 9.17) is 14.7 Å². The lowest BCUT2D eigenvalue weighted by molar-refractivity contribution is 0.321. The van der Waals surface area contributed by atoms with Gasteiger partial charge in [-0.3, -0.25) is 9.89 Å². The number of hydrogen-bond acceptors (Lipinski definition) is 5. The molecule has 9 rings (SSSR count). The number of fused-ring (bicyclic) bond motifs is 5. The molecule has 3 aliphatic rings. The van der Waals surface area contributed by atoms with E-state index >= 15 is 0 Å². The summed E-state index contributed by atoms with van der Waals surface area (Å²) in [5, 5.41) is 0. The molecule has 5 aromatic carbocycles. The van der Waals surface area contributed by atoms with Gasteiger partial charge in [-0.05, 0) is 147 Å². The van der Waals surface area contributed by atoms with Gasteiger partial charge in [0.2, 0.25) is 0 Å². The number of hydrogen-bond donors (Lipinski definition) is 0. The van der Waals surface area contributed by atoms with Crippen LogP contribution in [0.1, 0.15) is 115 Å². The molecule has 3 heterocycles. The van der Waals surface area contributed by atoms with Crippen molar-refractivity contribution in [3.05, 3.63) is 170 Å². The Kier molecular flexibility index (Phi) is 8.66. The first kappa shape index (κ1) is 38.8. The lowest BCUT2D eigenvalue weighted by atomic mass is 9.73. The molecule has 0 saturated heterocycles. The molecule has 5 nitrogen and oxygen atoms in total. The number of ether oxygens (including phenoxy) is 1. The van der Waals surface area contributed by atoms with Gasteiger partial charge in [-0.15, -0.1) is 0 Å². The molecule has 6 aromatic rings. The Hall–Kier alpha value is -5.68. The van der Waals surface area contributed by atoms with E-state index in [9.17, 15) is 0 Å². The SMILES string of the molecule is Cc1cc(C)c(N2C(c3cc(Oc4ccc5c(c4)N(c4cc(C(C)(C)C)ccn4)c4ccccc4C5(C)C)c(C)cc3C)=N[C@]3(C)Cc4c(C)cccc4[C@]23C)c(C)c1. The molecule has 0 unspecified atom stereocenters. The van der Waals surface area contributed by atoms with Gasteiger partial charge in [0.1, 0.15) is 23.2 Å². The summed E-state index contributed by atoms with van der Waals surface area (Å²) in [6.45, 7) is 29.5. The minimum Gasteiger partial charge on any atom is -0.457 e. The van der Waals surface area contributed by atoms with Crippen molar-refractivity contribution in [2.75, 3.05) is 9.80 Å². The number of pyridine rings is 1. The fourth-order valence-electron chi connectivity index (χ4n) is 10.6. The fraction of sp³-hybridized carbons (Fsp3) is 0.333. The summed E-state index contributed by atoms with van der Waals surface area (Å²) in [6.07, 6.45) is 2.83. The van der Waals surface area contributed by atoms with E-state index in [-0.39, 0.29) is 16.4 Å². The molecule has 2 atom stereocenters. The van der Waals surface area contributed by atoms with Gasteiger partial charge in [-0.25, -0.2) is 4.98 Å². The minimum absolute atomic E-state index is 0.0212. The third kappa shape index (κ3) is 5.79. The van der Waals surface area contributed by atoms with Crippen molar-refractivity contribution in [1.29, 1.82) is 0 Å². The third-order valence-corrected chi connectivity index (χ3v) is 13.9. The number of para-hydroxylation sites is 1. The van der Waals surface area contributed by atoms with Crippen LogP contribution in [-0.4, -0.2) is 16.4 Å². The number of aromatic nitrogens is 1. The van der Waals surface area contributed by atoms with Crippen LogP contribution in [0.3, 0.4) is 0 Å². The highest BCUT2D eigenvalue weighted by Crippen LogP contribution is 2.58. The summed E-state index contributed by atoms with van der Waals surface area (Å²) in [5.74, 6) is 3.51. The highest BCUT2D eigenvalue weighted by molar-refractivity contribution is 6.15. The van der Waals surface area contributed by atoms with Crippen molar-refractivity contribution >= 4 is 28.7 Å². The van der Waals surface area contributed by atoms with Gasteiger partial charge < -0.3 is 9.64 Å². The smallest absolute Gasteiger partial charge is 0.137 e. The molecule has 0 bridgehead atoms. The van der Waals surface area contributed by atoms with E-state index in [1.807, 2.05) is 6.20 Å². The van der Waals surface area contributed by atoms with Gasteiger partial charge >= 0.3 is 0 Å². The fourth-order valence-corrected chi connectivity index (χ4v) is 10.6. The average Bonchev–Trinajstić information content (AvgIpc) is 3.53. The average molecular weight is 779 g/mol. The second-order valence-electron chi connectivity index (χ2n) is 19.5. The van der Waals surface area contributed by atoms with Crippen LogP contribution in [0.15, 0.2) is 108 Å². The minimum atomic E-state index is -0.393. The van der Waals surface area contributed by atoms with Crippen LogP contribution in [0, 0.1) is 41.5 Å². The number of aliphatic imine (C=N–C) groups is 1. The second-order valence-corrected chi connectivity index (χ2v) is 19.5. The van der Waals surface area contributed by atoms with Crippen molar-refractivity contribution in [2.45, 2.75) is 118 Å². The van der Waals surface area contributed by atoms with Crippen LogP contribution in [0.5, 0.6) is 11.5 Å². The zero-order valence-electron chi connectivity index (χ0n) is 37.2. The number of anilines is 4. The number of rotatable bonds is 5. The van der Waals surface area contributed by atoms with E-state index in [0.29, 0.717) is 0 Å². The molecular formula is C54H58N4O. The Labute approximate surface area is 351 Å². The topological polar surface area (TPSA) is 41.0 Å². The first-order valence-electron chi connectivity index (χ1n) is 21.2. The highest BCUT2D eigenvalue weighted by atomic mass is 16.5.